The molecule has 76 valence electrons. The summed E-state index contributed by atoms with van der Waals surface area (Å²) in [7, 11) is 0. The molecule has 0 bridgehead atoms. The third-order valence-electron chi connectivity index (χ3n) is 2.22. The summed E-state index contributed by atoms with van der Waals surface area (Å²) in [5.41, 5.74) is 2.30. The fourth-order valence-corrected chi connectivity index (χ4v) is 1.39. The van der Waals surface area contributed by atoms with Crippen molar-refractivity contribution in [2.75, 3.05) is 6.61 Å². The van der Waals surface area contributed by atoms with Crippen LogP contribution in [0.3, 0.4) is 0 Å². The minimum absolute atomic E-state index is 0.175. The molecule has 0 saturated carbocycles. The first kappa shape index (κ1) is 11.0. The second-order valence-corrected chi connectivity index (χ2v) is 3.47. The Hall–Kier alpha value is -1.08. The molecule has 0 aliphatic heterocycles. The summed E-state index contributed by atoms with van der Waals surface area (Å²) in [4.78, 5) is 0. The Morgan fingerprint density at radius 2 is 2.00 bits per heavy atom. The first-order chi connectivity index (χ1) is 6.86. The van der Waals surface area contributed by atoms with Gasteiger partial charge in [-0.25, -0.2) is 0 Å². The average molecular weight is 190 g/mol. The molecule has 0 aromatic heterocycles. The zero-order valence-corrected chi connectivity index (χ0v) is 8.74. The molecule has 1 aromatic rings. The van der Waals surface area contributed by atoms with E-state index >= 15 is 0 Å². The number of aliphatic hydroxyl groups is 1. The van der Waals surface area contributed by atoms with E-state index in [4.69, 9.17) is 5.11 Å². The summed E-state index contributed by atoms with van der Waals surface area (Å²) >= 11 is 0. The summed E-state index contributed by atoms with van der Waals surface area (Å²) in [6.07, 6.45) is 5.41. The minimum atomic E-state index is 0.175. The molecule has 1 nitrogen and oxygen atoms in total. The fourth-order valence-electron chi connectivity index (χ4n) is 1.39. The highest BCUT2D eigenvalue weighted by Crippen LogP contribution is 2.11. The van der Waals surface area contributed by atoms with E-state index in [9.17, 15) is 0 Å². The van der Waals surface area contributed by atoms with Crippen LogP contribution < -0.4 is 0 Å². The summed E-state index contributed by atoms with van der Waals surface area (Å²) in [6.45, 7) is 2.34. The van der Waals surface area contributed by atoms with Crippen molar-refractivity contribution in [3.05, 3.63) is 41.5 Å². The molecule has 1 N–H and O–H groups in total. The van der Waals surface area contributed by atoms with Crippen molar-refractivity contribution in [1.29, 1.82) is 0 Å². The van der Waals surface area contributed by atoms with E-state index < -0.39 is 0 Å². The maximum atomic E-state index is 9.15. The lowest BCUT2D eigenvalue weighted by molar-refractivity contribution is 0.327. The lowest BCUT2D eigenvalue weighted by atomic mass is 10.1. The molecule has 1 aromatic carbocycles. The van der Waals surface area contributed by atoms with E-state index in [-0.39, 0.29) is 6.61 Å². The van der Waals surface area contributed by atoms with Gasteiger partial charge in [0.2, 0.25) is 0 Å². The van der Waals surface area contributed by atoms with Crippen LogP contribution in [0.4, 0.5) is 0 Å². The topological polar surface area (TPSA) is 20.2 Å². The van der Waals surface area contributed by atoms with E-state index in [2.05, 4.69) is 25.1 Å². The summed E-state index contributed by atoms with van der Waals surface area (Å²) in [5, 5.41) is 9.15. The third-order valence-corrected chi connectivity index (χ3v) is 2.22. The molecule has 1 rings (SSSR count). The van der Waals surface area contributed by atoms with Crippen molar-refractivity contribution >= 4 is 6.08 Å². The van der Waals surface area contributed by atoms with Gasteiger partial charge in [0.15, 0.2) is 0 Å². The van der Waals surface area contributed by atoms with Crippen LogP contribution in [0.15, 0.2) is 35.9 Å². The molecule has 0 radical (unpaired) electrons. The van der Waals surface area contributed by atoms with E-state index in [1.165, 1.54) is 12.0 Å². The highest BCUT2D eigenvalue weighted by molar-refractivity contribution is 5.52. The molecule has 1 heteroatoms. The summed E-state index contributed by atoms with van der Waals surface area (Å²) in [6, 6.07) is 10.1. The number of hydrogen-bond donors (Lipinski definition) is 1. The van der Waals surface area contributed by atoms with Gasteiger partial charge >= 0.3 is 0 Å². The predicted octanol–water partition coefficient (Wildman–Crippen LogP) is 3.25. The Bertz CT molecular complexity index is 275. The number of unbranched alkanes of at least 4 members (excludes halogenated alkanes) is 1. The molecule has 0 aliphatic rings. The molecule has 0 aliphatic carbocycles. The van der Waals surface area contributed by atoms with E-state index in [0.29, 0.717) is 0 Å². The second kappa shape index (κ2) is 6.39. The Labute approximate surface area is 86.1 Å². The molecule has 0 fully saturated rings. The van der Waals surface area contributed by atoms with E-state index in [0.717, 1.165) is 18.4 Å². The number of rotatable bonds is 5. The smallest absolute Gasteiger partial charge is 0.0645 e. The van der Waals surface area contributed by atoms with Crippen molar-refractivity contribution in [2.24, 2.45) is 0 Å². The maximum absolute atomic E-state index is 9.15. The normalized spacial score (nSPS) is 11.7. The standard InChI is InChI=1S/C13H18O/c1-2-3-7-13(11-14)10-12-8-5-4-6-9-12/h4-6,8-10,14H,2-3,7,11H2,1H3/b13-10-. The number of benzene rings is 1. The maximum Gasteiger partial charge on any atom is 0.0645 e. The molecular formula is C13H18O. The number of hydrogen-bond acceptors (Lipinski definition) is 1. The predicted molar refractivity (Wildman–Crippen MR) is 61.0 cm³/mol. The highest BCUT2D eigenvalue weighted by atomic mass is 16.3. The number of aliphatic hydroxyl groups excluding tert-OH is 1. The van der Waals surface area contributed by atoms with Crippen molar-refractivity contribution in [1.82, 2.24) is 0 Å². The quantitative estimate of drug-likeness (QED) is 0.755. The molecule has 0 atom stereocenters. The summed E-state index contributed by atoms with van der Waals surface area (Å²) in [5.74, 6) is 0. The van der Waals surface area contributed by atoms with Gasteiger partial charge in [-0.2, -0.15) is 0 Å². The molecule has 0 saturated heterocycles. The van der Waals surface area contributed by atoms with Crippen LogP contribution in [0, 0.1) is 0 Å². The average Bonchev–Trinajstić information content (AvgIpc) is 2.25. The Kier molecular flexibility index (Phi) is 5.02. The minimum Gasteiger partial charge on any atom is -0.392 e. The van der Waals surface area contributed by atoms with Gasteiger partial charge in [0.05, 0.1) is 6.61 Å². The van der Waals surface area contributed by atoms with Crippen LogP contribution in [0.1, 0.15) is 31.7 Å². The molecular weight excluding hydrogens is 172 g/mol. The van der Waals surface area contributed by atoms with Gasteiger partial charge < -0.3 is 5.11 Å². The molecule has 0 heterocycles. The Morgan fingerprint density at radius 1 is 1.29 bits per heavy atom. The van der Waals surface area contributed by atoms with Gasteiger partial charge in [-0.3, -0.25) is 0 Å². The van der Waals surface area contributed by atoms with Gasteiger partial charge in [0.1, 0.15) is 0 Å². The van der Waals surface area contributed by atoms with Gasteiger partial charge in [0.25, 0.3) is 0 Å². The van der Waals surface area contributed by atoms with Gasteiger partial charge in [-0.05, 0) is 24.0 Å². The molecule has 14 heavy (non-hydrogen) atoms. The fraction of sp³-hybridized carbons (Fsp3) is 0.385. The van der Waals surface area contributed by atoms with Gasteiger partial charge in [0, 0.05) is 0 Å². The van der Waals surface area contributed by atoms with Gasteiger partial charge in [-0.1, -0.05) is 49.8 Å². The van der Waals surface area contributed by atoms with E-state index in [1.807, 2.05) is 18.2 Å². The third kappa shape index (κ3) is 3.75. The van der Waals surface area contributed by atoms with Crippen LogP contribution in [0.2, 0.25) is 0 Å². The molecule has 0 amide bonds. The first-order valence-corrected chi connectivity index (χ1v) is 5.22. The van der Waals surface area contributed by atoms with E-state index in [1.54, 1.807) is 0 Å². The SMILES string of the molecule is CCCC/C(=C/c1ccccc1)CO. The molecule has 0 spiro atoms. The zero-order valence-electron chi connectivity index (χ0n) is 8.74. The lowest BCUT2D eigenvalue weighted by Crippen LogP contribution is -1.90. The van der Waals surface area contributed by atoms with Crippen molar-refractivity contribution in [3.8, 4) is 0 Å². The monoisotopic (exact) mass is 190 g/mol. The van der Waals surface area contributed by atoms with Crippen molar-refractivity contribution in [3.63, 3.8) is 0 Å². The van der Waals surface area contributed by atoms with Crippen LogP contribution in [-0.4, -0.2) is 11.7 Å². The van der Waals surface area contributed by atoms with Crippen molar-refractivity contribution in [2.45, 2.75) is 26.2 Å². The van der Waals surface area contributed by atoms with Crippen LogP contribution in [0.5, 0.6) is 0 Å². The van der Waals surface area contributed by atoms with Gasteiger partial charge in [-0.15, -0.1) is 0 Å². The Balaban J connectivity index is 2.64. The highest BCUT2D eigenvalue weighted by Gasteiger charge is 1.95. The lowest BCUT2D eigenvalue weighted by Gasteiger charge is -2.02. The summed E-state index contributed by atoms with van der Waals surface area (Å²) < 4.78 is 0. The van der Waals surface area contributed by atoms with Crippen LogP contribution >= 0.6 is 0 Å². The molecule has 0 unspecified atom stereocenters. The Morgan fingerprint density at radius 3 is 2.57 bits per heavy atom. The second-order valence-electron chi connectivity index (χ2n) is 3.47. The zero-order chi connectivity index (χ0) is 10.2. The van der Waals surface area contributed by atoms with Crippen molar-refractivity contribution < 1.29 is 5.11 Å². The first-order valence-electron chi connectivity index (χ1n) is 5.22. The largest absolute Gasteiger partial charge is 0.392 e. The van der Waals surface area contributed by atoms with Crippen LogP contribution in [0.25, 0.3) is 6.08 Å². The van der Waals surface area contributed by atoms with Crippen LogP contribution in [-0.2, 0) is 0 Å².